The van der Waals surface area contributed by atoms with Gasteiger partial charge in [0.15, 0.2) is 0 Å². The Labute approximate surface area is 136 Å². The molecule has 6 heteroatoms. The molecule has 0 unspecified atom stereocenters. The predicted octanol–water partition coefficient (Wildman–Crippen LogP) is 1.61. The van der Waals surface area contributed by atoms with Crippen LogP contribution in [0.1, 0.15) is 36.4 Å². The van der Waals surface area contributed by atoms with Crippen molar-refractivity contribution >= 4 is 17.2 Å². The van der Waals surface area contributed by atoms with E-state index in [0.717, 1.165) is 56.3 Å². The Kier molecular flexibility index (Phi) is 5.10. The third kappa shape index (κ3) is 3.86. The summed E-state index contributed by atoms with van der Waals surface area (Å²) in [4.78, 5) is 21.3. The number of carbonyl (C=O) groups is 1. The first-order valence-corrected chi connectivity index (χ1v) is 9.16. The highest BCUT2D eigenvalue weighted by Gasteiger charge is 2.29. The van der Waals surface area contributed by atoms with Crippen LogP contribution in [-0.2, 0) is 11.3 Å². The van der Waals surface area contributed by atoms with Gasteiger partial charge in [0.05, 0.1) is 10.7 Å². The standard InChI is InChI=1S/C16H26N4OS/c1-12-18-14(11-22-12)10-19-5-7-20(8-6-19)16(21)9-13-3-2-4-15(13)17/h11,13,15H,2-10,17H2,1H3/t13-,15+/m0/s1. The lowest BCUT2D eigenvalue weighted by Crippen LogP contribution is -2.49. The summed E-state index contributed by atoms with van der Waals surface area (Å²) in [6, 6.07) is 0.234. The van der Waals surface area contributed by atoms with E-state index < -0.39 is 0 Å². The van der Waals surface area contributed by atoms with Gasteiger partial charge in [0.2, 0.25) is 5.91 Å². The number of nitrogens with two attached hydrogens (primary N) is 1. The number of rotatable bonds is 4. The summed E-state index contributed by atoms with van der Waals surface area (Å²) in [5.74, 6) is 0.704. The lowest BCUT2D eigenvalue weighted by atomic mass is 9.99. The fraction of sp³-hybridized carbons (Fsp3) is 0.750. The Hall–Kier alpha value is -0.980. The monoisotopic (exact) mass is 322 g/mol. The number of aryl methyl sites for hydroxylation is 1. The molecule has 22 heavy (non-hydrogen) atoms. The molecule has 122 valence electrons. The number of amides is 1. The summed E-state index contributed by atoms with van der Waals surface area (Å²) >= 11 is 1.70. The summed E-state index contributed by atoms with van der Waals surface area (Å²) in [6.07, 6.45) is 4.03. The molecule has 5 nitrogen and oxygen atoms in total. The van der Waals surface area contributed by atoms with E-state index in [-0.39, 0.29) is 6.04 Å². The number of piperazine rings is 1. The molecule has 0 aromatic carbocycles. The van der Waals surface area contributed by atoms with Crippen molar-refractivity contribution in [3.05, 3.63) is 16.1 Å². The molecule has 2 heterocycles. The minimum atomic E-state index is 0.234. The van der Waals surface area contributed by atoms with Gasteiger partial charge in [-0.1, -0.05) is 6.42 Å². The molecule has 1 amide bonds. The predicted molar refractivity (Wildman–Crippen MR) is 88.6 cm³/mol. The van der Waals surface area contributed by atoms with E-state index in [2.05, 4.69) is 15.3 Å². The third-order valence-corrected chi connectivity index (χ3v) is 5.75. The van der Waals surface area contributed by atoms with Crippen LogP contribution in [0.25, 0.3) is 0 Å². The van der Waals surface area contributed by atoms with E-state index in [0.29, 0.717) is 18.2 Å². The topological polar surface area (TPSA) is 62.5 Å². The van der Waals surface area contributed by atoms with Gasteiger partial charge in [-0.3, -0.25) is 9.69 Å². The quantitative estimate of drug-likeness (QED) is 0.915. The van der Waals surface area contributed by atoms with Gasteiger partial charge in [-0.15, -0.1) is 11.3 Å². The Morgan fingerprint density at radius 1 is 1.36 bits per heavy atom. The van der Waals surface area contributed by atoms with Gasteiger partial charge in [0.25, 0.3) is 0 Å². The molecule has 1 saturated heterocycles. The molecular weight excluding hydrogens is 296 g/mol. The van der Waals surface area contributed by atoms with Gasteiger partial charge in [0, 0.05) is 50.6 Å². The van der Waals surface area contributed by atoms with E-state index in [1.165, 1.54) is 6.42 Å². The van der Waals surface area contributed by atoms with Gasteiger partial charge in [-0.25, -0.2) is 4.98 Å². The van der Waals surface area contributed by atoms with Crippen molar-refractivity contribution in [1.82, 2.24) is 14.8 Å². The van der Waals surface area contributed by atoms with Crippen molar-refractivity contribution < 1.29 is 4.79 Å². The summed E-state index contributed by atoms with van der Waals surface area (Å²) in [7, 11) is 0. The molecule has 1 aliphatic carbocycles. The minimum Gasteiger partial charge on any atom is -0.340 e. The highest BCUT2D eigenvalue weighted by Crippen LogP contribution is 2.27. The average Bonchev–Trinajstić information content (AvgIpc) is 3.09. The molecule has 0 bridgehead atoms. The molecule has 2 aliphatic rings. The van der Waals surface area contributed by atoms with Gasteiger partial charge in [-0.2, -0.15) is 0 Å². The number of thiazole rings is 1. The fourth-order valence-corrected chi connectivity index (χ4v) is 4.14. The summed E-state index contributed by atoms with van der Waals surface area (Å²) in [6.45, 7) is 6.50. The normalized spacial score (nSPS) is 26.5. The SMILES string of the molecule is Cc1nc(CN2CCN(C(=O)C[C@@H]3CCC[C@H]3N)CC2)cs1. The smallest absolute Gasteiger partial charge is 0.222 e. The molecule has 1 aromatic heterocycles. The number of aromatic nitrogens is 1. The maximum atomic E-state index is 12.4. The van der Waals surface area contributed by atoms with Crippen molar-refractivity contribution in [3.8, 4) is 0 Å². The highest BCUT2D eigenvalue weighted by atomic mass is 32.1. The van der Waals surface area contributed by atoms with Crippen LogP contribution in [-0.4, -0.2) is 52.9 Å². The number of hydrogen-bond donors (Lipinski definition) is 1. The molecule has 1 aromatic rings. The summed E-state index contributed by atoms with van der Waals surface area (Å²) < 4.78 is 0. The van der Waals surface area contributed by atoms with Crippen LogP contribution < -0.4 is 5.73 Å². The highest BCUT2D eigenvalue weighted by molar-refractivity contribution is 7.09. The van der Waals surface area contributed by atoms with Crippen LogP contribution >= 0.6 is 11.3 Å². The average molecular weight is 322 g/mol. The molecular formula is C16H26N4OS. The largest absolute Gasteiger partial charge is 0.340 e. The van der Waals surface area contributed by atoms with Gasteiger partial charge in [-0.05, 0) is 25.7 Å². The lowest BCUT2D eigenvalue weighted by Gasteiger charge is -2.35. The molecule has 1 aliphatic heterocycles. The molecule has 3 rings (SSSR count). The van der Waals surface area contributed by atoms with Crippen molar-refractivity contribution in [3.63, 3.8) is 0 Å². The van der Waals surface area contributed by atoms with Crippen molar-refractivity contribution in [2.24, 2.45) is 11.7 Å². The first-order chi connectivity index (χ1) is 10.6. The molecule has 2 atom stereocenters. The van der Waals surface area contributed by atoms with E-state index in [9.17, 15) is 4.79 Å². The van der Waals surface area contributed by atoms with Crippen molar-refractivity contribution in [2.75, 3.05) is 26.2 Å². The Bertz CT molecular complexity index is 510. The zero-order chi connectivity index (χ0) is 15.5. The van der Waals surface area contributed by atoms with Crippen LogP contribution in [0.15, 0.2) is 5.38 Å². The minimum absolute atomic E-state index is 0.234. The zero-order valence-electron chi connectivity index (χ0n) is 13.3. The van der Waals surface area contributed by atoms with Crippen LogP contribution in [0.3, 0.4) is 0 Å². The molecule has 0 spiro atoms. The second kappa shape index (κ2) is 7.06. The maximum absolute atomic E-state index is 12.4. The van der Waals surface area contributed by atoms with Crippen LogP contribution in [0.4, 0.5) is 0 Å². The Morgan fingerprint density at radius 3 is 2.73 bits per heavy atom. The third-order valence-electron chi connectivity index (χ3n) is 4.93. The molecule has 2 fully saturated rings. The van der Waals surface area contributed by atoms with Gasteiger partial charge in [0.1, 0.15) is 0 Å². The van der Waals surface area contributed by atoms with E-state index >= 15 is 0 Å². The van der Waals surface area contributed by atoms with Crippen molar-refractivity contribution in [2.45, 2.75) is 45.2 Å². The maximum Gasteiger partial charge on any atom is 0.222 e. The zero-order valence-corrected chi connectivity index (χ0v) is 14.1. The van der Waals surface area contributed by atoms with Crippen LogP contribution in [0, 0.1) is 12.8 Å². The van der Waals surface area contributed by atoms with Crippen LogP contribution in [0.2, 0.25) is 0 Å². The van der Waals surface area contributed by atoms with E-state index in [4.69, 9.17) is 5.73 Å². The van der Waals surface area contributed by atoms with E-state index in [1.54, 1.807) is 11.3 Å². The van der Waals surface area contributed by atoms with Crippen LogP contribution in [0.5, 0.6) is 0 Å². The van der Waals surface area contributed by atoms with Gasteiger partial charge < -0.3 is 10.6 Å². The summed E-state index contributed by atoms with van der Waals surface area (Å²) in [5.41, 5.74) is 7.23. The Morgan fingerprint density at radius 2 is 2.14 bits per heavy atom. The number of carbonyl (C=O) groups excluding carboxylic acids is 1. The lowest BCUT2D eigenvalue weighted by molar-refractivity contribution is -0.134. The first-order valence-electron chi connectivity index (χ1n) is 8.28. The second-order valence-electron chi connectivity index (χ2n) is 6.57. The molecule has 1 saturated carbocycles. The number of hydrogen-bond acceptors (Lipinski definition) is 5. The van der Waals surface area contributed by atoms with Gasteiger partial charge >= 0.3 is 0 Å². The summed E-state index contributed by atoms with van der Waals surface area (Å²) in [5, 5.41) is 3.26. The molecule has 0 radical (unpaired) electrons. The Balaban J connectivity index is 1.44. The second-order valence-corrected chi connectivity index (χ2v) is 7.64. The number of nitrogens with zero attached hydrogens (tertiary/aromatic N) is 3. The fourth-order valence-electron chi connectivity index (χ4n) is 3.54. The van der Waals surface area contributed by atoms with Crippen molar-refractivity contribution in [1.29, 1.82) is 0 Å². The first kappa shape index (κ1) is 15.9. The molecule has 2 N–H and O–H groups in total. The van der Waals surface area contributed by atoms with E-state index in [1.807, 2.05) is 11.8 Å².